The fourth-order valence-corrected chi connectivity index (χ4v) is 3.92. The third-order valence-corrected chi connectivity index (χ3v) is 6.17. The maximum atomic E-state index is 12.8. The van der Waals surface area contributed by atoms with E-state index >= 15 is 0 Å². The summed E-state index contributed by atoms with van der Waals surface area (Å²) in [7, 11) is 0. The average molecular weight is 485 g/mol. The van der Waals surface area contributed by atoms with Crippen LogP contribution in [0.3, 0.4) is 0 Å². The zero-order valence-electron chi connectivity index (χ0n) is 20.6. The molecule has 1 saturated heterocycles. The minimum atomic E-state index is -0.573. The summed E-state index contributed by atoms with van der Waals surface area (Å²) in [5, 5.41) is 6.15. The molecule has 0 bridgehead atoms. The lowest BCUT2D eigenvalue weighted by Gasteiger charge is -2.24. The van der Waals surface area contributed by atoms with E-state index in [1.165, 1.54) is 5.56 Å². The van der Waals surface area contributed by atoms with Crippen LogP contribution >= 0.6 is 12.2 Å². The highest BCUT2D eigenvalue weighted by Crippen LogP contribution is 2.24. The monoisotopic (exact) mass is 484 g/mol. The van der Waals surface area contributed by atoms with Gasteiger partial charge in [0.15, 0.2) is 5.11 Å². The van der Waals surface area contributed by atoms with E-state index in [0.717, 1.165) is 48.6 Å². The first-order chi connectivity index (χ1) is 16.2. The van der Waals surface area contributed by atoms with Crippen LogP contribution in [0.4, 0.5) is 5.69 Å². The maximum Gasteiger partial charge on any atom is 0.231 e. The molecule has 184 valence electrons. The predicted molar refractivity (Wildman–Crippen MR) is 140 cm³/mol. The van der Waals surface area contributed by atoms with Crippen molar-refractivity contribution in [1.29, 1.82) is 0 Å². The molecule has 6 nitrogen and oxygen atoms in total. The zero-order chi connectivity index (χ0) is 24.6. The minimum Gasteiger partial charge on any atom is -0.493 e. The minimum absolute atomic E-state index is 0.117. The van der Waals surface area contributed by atoms with Crippen LogP contribution in [0, 0.1) is 19.3 Å². The number of anilines is 1. The Morgan fingerprint density at radius 2 is 1.91 bits per heavy atom. The van der Waals surface area contributed by atoms with Gasteiger partial charge in [-0.15, -0.1) is 0 Å². The van der Waals surface area contributed by atoms with Crippen LogP contribution in [0.1, 0.15) is 50.7 Å². The molecule has 1 fully saturated rings. The van der Waals surface area contributed by atoms with Crippen LogP contribution in [-0.4, -0.2) is 36.9 Å². The SMILES string of the molecule is Cc1ccc(C)c(OCCCC(C)(C)C(=O)NC(=S)Nc2ccc(OCC3CCCO3)cc2)c1. The molecular formula is C27H36N2O4S. The van der Waals surface area contributed by atoms with Gasteiger partial charge < -0.3 is 24.8 Å². The van der Waals surface area contributed by atoms with Gasteiger partial charge in [-0.05, 0) is 93.2 Å². The standard InChI is InChI=1S/C27H36N2O4S/c1-19-8-9-20(2)24(17-19)32-16-6-14-27(3,4)25(30)29-26(34)28-21-10-12-22(13-11-21)33-18-23-7-5-15-31-23/h8-13,17,23H,5-7,14-16,18H2,1-4H3,(H2,28,29,30,34). The molecule has 1 unspecified atom stereocenters. The molecule has 1 amide bonds. The molecule has 1 aliphatic rings. The molecule has 0 radical (unpaired) electrons. The van der Waals surface area contributed by atoms with Crippen molar-refractivity contribution in [2.45, 2.75) is 59.5 Å². The van der Waals surface area contributed by atoms with E-state index in [4.69, 9.17) is 26.4 Å². The normalized spacial score (nSPS) is 15.6. The van der Waals surface area contributed by atoms with Gasteiger partial charge in [-0.25, -0.2) is 0 Å². The Hall–Kier alpha value is -2.64. The number of rotatable bonds is 10. The molecule has 1 atom stereocenters. The largest absolute Gasteiger partial charge is 0.493 e. The summed E-state index contributed by atoms with van der Waals surface area (Å²) in [5.74, 6) is 1.56. The maximum absolute atomic E-state index is 12.8. The molecule has 0 spiro atoms. The first-order valence-corrected chi connectivity index (χ1v) is 12.3. The molecule has 0 aliphatic carbocycles. The van der Waals surface area contributed by atoms with Crippen molar-refractivity contribution in [3.63, 3.8) is 0 Å². The van der Waals surface area contributed by atoms with Crippen LogP contribution < -0.4 is 20.1 Å². The van der Waals surface area contributed by atoms with Crippen LogP contribution in [-0.2, 0) is 9.53 Å². The van der Waals surface area contributed by atoms with Crippen LogP contribution in [0.15, 0.2) is 42.5 Å². The Kier molecular flexibility index (Phi) is 9.30. The van der Waals surface area contributed by atoms with Gasteiger partial charge in [0.05, 0.1) is 12.7 Å². The number of carbonyl (C=O) groups is 1. The summed E-state index contributed by atoms with van der Waals surface area (Å²) >= 11 is 5.35. The first-order valence-electron chi connectivity index (χ1n) is 11.9. The Labute approximate surface area is 208 Å². The van der Waals surface area contributed by atoms with E-state index in [-0.39, 0.29) is 17.1 Å². The second-order valence-corrected chi connectivity index (χ2v) is 9.89. The summed E-state index contributed by atoms with van der Waals surface area (Å²) < 4.78 is 17.3. The molecule has 2 N–H and O–H groups in total. The van der Waals surface area contributed by atoms with Gasteiger partial charge >= 0.3 is 0 Å². The number of amides is 1. The van der Waals surface area contributed by atoms with Crippen LogP contribution in [0.5, 0.6) is 11.5 Å². The van der Waals surface area contributed by atoms with Crippen molar-refractivity contribution < 1.29 is 19.0 Å². The van der Waals surface area contributed by atoms with Gasteiger partial charge in [0.1, 0.15) is 18.1 Å². The highest BCUT2D eigenvalue weighted by atomic mass is 32.1. The first kappa shape index (κ1) is 26.0. The van der Waals surface area contributed by atoms with Crippen molar-refractivity contribution in [2.75, 3.05) is 25.1 Å². The van der Waals surface area contributed by atoms with Crippen molar-refractivity contribution in [2.24, 2.45) is 5.41 Å². The molecule has 2 aromatic rings. The number of nitrogens with one attached hydrogen (secondary N) is 2. The Morgan fingerprint density at radius 1 is 1.15 bits per heavy atom. The molecule has 0 saturated carbocycles. The summed E-state index contributed by atoms with van der Waals surface area (Å²) in [4.78, 5) is 12.8. The Morgan fingerprint density at radius 3 is 2.62 bits per heavy atom. The van der Waals surface area contributed by atoms with E-state index in [0.29, 0.717) is 19.6 Å². The van der Waals surface area contributed by atoms with Crippen molar-refractivity contribution >= 4 is 28.9 Å². The van der Waals surface area contributed by atoms with Crippen molar-refractivity contribution in [1.82, 2.24) is 5.32 Å². The zero-order valence-corrected chi connectivity index (χ0v) is 21.4. The van der Waals surface area contributed by atoms with Gasteiger partial charge in [-0.2, -0.15) is 0 Å². The number of carbonyl (C=O) groups excluding carboxylic acids is 1. The second-order valence-electron chi connectivity index (χ2n) is 9.48. The highest BCUT2D eigenvalue weighted by Gasteiger charge is 2.28. The predicted octanol–water partition coefficient (Wildman–Crippen LogP) is 5.56. The fourth-order valence-electron chi connectivity index (χ4n) is 3.71. The van der Waals surface area contributed by atoms with Gasteiger partial charge in [-0.1, -0.05) is 26.0 Å². The number of ether oxygens (including phenoxy) is 3. The van der Waals surface area contributed by atoms with Gasteiger partial charge in [0.25, 0.3) is 0 Å². The van der Waals surface area contributed by atoms with E-state index in [1.54, 1.807) is 0 Å². The van der Waals surface area contributed by atoms with Crippen LogP contribution in [0.25, 0.3) is 0 Å². The topological polar surface area (TPSA) is 68.8 Å². The molecule has 1 aliphatic heterocycles. The number of aryl methyl sites for hydroxylation is 2. The molecule has 3 rings (SSSR count). The molecule has 34 heavy (non-hydrogen) atoms. The molecular weight excluding hydrogens is 448 g/mol. The van der Waals surface area contributed by atoms with Gasteiger partial charge in [0, 0.05) is 17.7 Å². The van der Waals surface area contributed by atoms with Crippen LogP contribution in [0.2, 0.25) is 0 Å². The molecule has 0 aromatic heterocycles. The summed E-state index contributed by atoms with van der Waals surface area (Å²) in [6.07, 6.45) is 3.77. The average Bonchev–Trinajstić information content (AvgIpc) is 3.32. The fraction of sp³-hybridized carbons (Fsp3) is 0.481. The third kappa shape index (κ3) is 7.99. The third-order valence-electron chi connectivity index (χ3n) is 5.96. The van der Waals surface area contributed by atoms with Crippen molar-refractivity contribution in [3.05, 3.63) is 53.6 Å². The summed E-state index contributed by atoms with van der Waals surface area (Å²) in [6, 6.07) is 13.7. The lowest BCUT2D eigenvalue weighted by atomic mass is 9.87. The van der Waals surface area contributed by atoms with Gasteiger partial charge in [0.2, 0.25) is 5.91 Å². The van der Waals surface area contributed by atoms with E-state index < -0.39 is 5.41 Å². The Balaban J connectivity index is 1.39. The number of hydrogen-bond acceptors (Lipinski definition) is 5. The number of hydrogen-bond donors (Lipinski definition) is 2. The number of benzene rings is 2. The van der Waals surface area contributed by atoms with Crippen molar-refractivity contribution in [3.8, 4) is 11.5 Å². The highest BCUT2D eigenvalue weighted by molar-refractivity contribution is 7.80. The van der Waals surface area contributed by atoms with Gasteiger partial charge in [-0.3, -0.25) is 4.79 Å². The lowest BCUT2D eigenvalue weighted by Crippen LogP contribution is -2.42. The molecule has 7 heteroatoms. The second kappa shape index (κ2) is 12.2. The Bertz CT molecular complexity index is 969. The number of thiocarbonyl (C=S) groups is 1. The lowest BCUT2D eigenvalue weighted by molar-refractivity contribution is -0.128. The smallest absolute Gasteiger partial charge is 0.231 e. The van der Waals surface area contributed by atoms with E-state index in [1.807, 2.05) is 58.0 Å². The van der Waals surface area contributed by atoms with E-state index in [2.05, 4.69) is 22.8 Å². The van der Waals surface area contributed by atoms with E-state index in [9.17, 15) is 4.79 Å². The molecule has 1 heterocycles. The summed E-state index contributed by atoms with van der Waals surface area (Å²) in [6.45, 7) is 9.86. The summed E-state index contributed by atoms with van der Waals surface area (Å²) in [5.41, 5.74) is 2.50. The quantitative estimate of drug-likeness (QED) is 0.340. The molecule has 2 aromatic carbocycles.